The third kappa shape index (κ3) is 3.18. The number of pyridine rings is 1. The molecule has 3 N–H and O–H groups in total. The van der Waals surface area contributed by atoms with E-state index in [2.05, 4.69) is 26.3 Å². The Bertz CT molecular complexity index is 636. The van der Waals surface area contributed by atoms with Crippen LogP contribution in [0.15, 0.2) is 41.1 Å². The zero-order valence-corrected chi connectivity index (χ0v) is 13.0. The molecule has 1 aromatic heterocycles. The Morgan fingerprint density at radius 1 is 1.29 bits per heavy atom. The molecule has 1 aliphatic rings. The summed E-state index contributed by atoms with van der Waals surface area (Å²) in [4.78, 5) is 4.18. The minimum Gasteiger partial charge on any atom is -0.486 e. The van der Waals surface area contributed by atoms with Gasteiger partial charge in [0.2, 0.25) is 0 Å². The van der Waals surface area contributed by atoms with E-state index in [1.165, 1.54) is 0 Å². The highest BCUT2D eigenvalue weighted by Crippen LogP contribution is 2.37. The van der Waals surface area contributed by atoms with Gasteiger partial charge in [0, 0.05) is 22.4 Å². The highest BCUT2D eigenvalue weighted by atomic mass is 79.9. The number of rotatable bonds is 4. The van der Waals surface area contributed by atoms with Gasteiger partial charge in [-0.3, -0.25) is 16.3 Å². The Balaban J connectivity index is 1.90. The van der Waals surface area contributed by atoms with Crippen LogP contribution in [0.4, 0.5) is 0 Å². The molecule has 0 amide bonds. The first-order valence-electron chi connectivity index (χ1n) is 6.72. The van der Waals surface area contributed by atoms with Crippen LogP contribution >= 0.6 is 15.9 Å². The lowest BCUT2D eigenvalue weighted by Crippen LogP contribution is -2.30. The number of benzene rings is 1. The van der Waals surface area contributed by atoms with Gasteiger partial charge in [0.05, 0.1) is 6.04 Å². The number of nitrogens with zero attached hydrogens (tertiary/aromatic N) is 1. The van der Waals surface area contributed by atoms with Crippen LogP contribution in [0.5, 0.6) is 11.5 Å². The van der Waals surface area contributed by atoms with Crippen LogP contribution in [0.3, 0.4) is 0 Å². The van der Waals surface area contributed by atoms with E-state index in [1.54, 1.807) is 6.20 Å². The van der Waals surface area contributed by atoms with Gasteiger partial charge in [0.15, 0.2) is 11.5 Å². The Kier molecular flexibility index (Phi) is 4.38. The van der Waals surface area contributed by atoms with Crippen LogP contribution in [0.2, 0.25) is 0 Å². The Hall–Kier alpha value is -1.63. The maximum absolute atomic E-state index is 5.75. The van der Waals surface area contributed by atoms with Crippen LogP contribution in [-0.2, 0) is 6.42 Å². The molecule has 0 fully saturated rings. The molecule has 0 saturated carbocycles. The van der Waals surface area contributed by atoms with Crippen molar-refractivity contribution in [2.75, 3.05) is 13.2 Å². The fourth-order valence-electron chi connectivity index (χ4n) is 2.43. The van der Waals surface area contributed by atoms with Crippen LogP contribution in [0.1, 0.15) is 17.2 Å². The first-order valence-corrected chi connectivity index (χ1v) is 7.51. The van der Waals surface area contributed by atoms with Crippen LogP contribution in [0.25, 0.3) is 0 Å². The third-order valence-electron chi connectivity index (χ3n) is 3.37. The first kappa shape index (κ1) is 14.3. The van der Waals surface area contributed by atoms with Crippen molar-refractivity contribution in [2.24, 2.45) is 5.84 Å². The lowest BCUT2D eigenvalue weighted by Gasteiger charge is -2.25. The molecule has 1 unspecified atom stereocenters. The summed E-state index contributed by atoms with van der Waals surface area (Å²) in [6.45, 7) is 1.13. The monoisotopic (exact) mass is 349 g/mol. The molecule has 1 aliphatic heterocycles. The SMILES string of the molecule is NNC(Cc1cncc(Br)c1)c1cccc2c1OCCO2. The molecule has 0 saturated heterocycles. The summed E-state index contributed by atoms with van der Waals surface area (Å²) in [5.41, 5.74) is 4.94. The number of para-hydroxylation sites is 1. The summed E-state index contributed by atoms with van der Waals surface area (Å²) in [7, 11) is 0. The molecule has 0 bridgehead atoms. The van der Waals surface area contributed by atoms with Crippen LogP contribution in [-0.4, -0.2) is 18.2 Å². The van der Waals surface area contributed by atoms with Gasteiger partial charge in [-0.2, -0.15) is 0 Å². The molecule has 21 heavy (non-hydrogen) atoms. The minimum absolute atomic E-state index is 0.0715. The molecule has 0 aliphatic carbocycles. The number of nitrogens with two attached hydrogens (primary N) is 1. The standard InChI is InChI=1S/C15H16BrN3O2/c16-11-6-10(8-18-9-11)7-13(19-17)12-2-1-3-14-15(12)21-5-4-20-14/h1-3,6,8-9,13,19H,4-5,7,17H2. The molecule has 110 valence electrons. The Morgan fingerprint density at radius 3 is 2.95 bits per heavy atom. The van der Waals surface area contributed by atoms with E-state index >= 15 is 0 Å². The Morgan fingerprint density at radius 2 is 2.14 bits per heavy atom. The molecule has 2 aromatic rings. The van der Waals surface area contributed by atoms with Crippen molar-refractivity contribution in [3.8, 4) is 11.5 Å². The lowest BCUT2D eigenvalue weighted by atomic mass is 9.99. The maximum atomic E-state index is 5.75. The lowest BCUT2D eigenvalue weighted by molar-refractivity contribution is 0.168. The van der Waals surface area contributed by atoms with Crippen molar-refractivity contribution in [1.29, 1.82) is 0 Å². The second-order valence-corrected chi connectivity index (χ2v) is 5.72. The van der Waals surface area contributed by atoms with Gasteiger partial charge in [-0.05, 0) is 40.0 Å². The number of hydrazine groups is 1. The van der Waals surface area contributed by atoms with E-state index < -0.39 is 0 Å². The molecular weight excluding hydrogens is 334 g/mol. The number of ether oxygens (including phenoxy) is 2. The van der Waals surface area contributed by atoms with Crippen molar-refractivity contribution in [2.45, 2.75) is 12.5 Å². The molecule has 1 atom stereocenters. The summed E-state index contributed by atoms with van der Waals surface area (Å²) < 4.78 is 12.3. The van der Waals surface area contributed by atoms with Crippen LogP contribution < -0.4 is 20.7 Å². The van der Waals surface area contributed by atoms with E-state index in [4.69, 9.17) is 15.3 Å². The van der Waals surface area contributed by atoms with E-state index in [9.17, 15) is 0 Å². The van der Waals surface area contributed by atoms with Gasteiger partial charge in [-0.15, -0.1) is 0 Å². The van der Waals surface area contributed by atoms with E-state index in [0.29, 0.717) is 19.6 Å². The second-order valence-electron chi connectivity index (χ2n) is 4.81. The normalized spacial score (nSPS) is 14.8. The Labute approximate surface area is 131 Å². The summed E-state index contributed by atoms with van der Waals surface area (Å²) in [6.07, 6.45) is 4.31. The average Bonchev–Trinajstić information content (AvgIpc) is 2.52. The van der Waals surface area contributed by atoms with Gasteiger partial charge in [-0.25, -0.2) is 0 Å². The predicted octanol–water partition coefficient (Wildman–Crippen LogP) is 2.36. The summed E-state index contributed by atoms with van der Waals surface area (Å²) in [5, 5.41) is 0. The van der Waals surface area contributed by atoms with Gasteiger partial charge in [-0.1, -0.05) is 12.1 Å². The first-order chi connectivity index (χ1) is 10.3. The fraction of sp³-hybridized carbons (Fsp3) is 0.267. The number of fused-ring (bicyclic) bond motifs is 1. The summed E-state index contributed by atoms with van der Waals surface area (Å²) >= 11 is 3.43. The highest BCUT2D eigenvalue weighted by molar-refractivity contribution is 9.10. The summed E-state index contributed by atoms with van der Waals surface area (Å²) in [6, 6.07) is 7.82. The molecule has 3 rings (SSSR count). The quantitative estimate of drug-likeness (QED) is 0.655. The van der Waals surface area contributed by atoms with Crippen molar-refractivity contribution in [3.05, 3.63) is 52.3 Å². The number of hydrogen-bond acceptors (Lipinski definition) is 5. The second kappa shape index (κ2) is 6.43. The predicted molar refractivity (Wildman–Crippen MR) is 83.1 cm³/mol. The maximum Gasteiger partial charge on any atom is 0.166 e. The van der Waals surface area contributed by atoms with Gasteiger partial charge in [0.1, 0.15) is 13.2 Å². The van der Waals surface area contributed by atoms with Gasteiger partial charge in [0.25, 0.3) is 0 Å². The molecule has 1 aromatic carbocycles. The zero-order chi connectivity index (χ0) is 14.7. The van der Waals surface area contributed by atoms with Gasteiger partial charge < -0.3 is 9.47 Å². The fourth-order valence-corrected chi connectivity index (χ4v) is 2.84. The number of halogens is 1. The van der Waals surface area contributed by atoms with Crippen molar-refractivity contribution >= 4 is 15.9 Å². The number of hydrogen-bond donors (Lipinski definition) is 2. The molecule has 5 nitrogen and oxygen atoms in total. The van der Waals surface area contributed by atoms with Crippen LogP contribution in [0, 0.1) is 0 Å². The van der Waals surface area contributed by atoms with Crippen molar-refractivity contribution in [1.82, 2.24) is 10.4 Å². The zero-order valence-electron chi connectivity index (χ0n) is 11.4. The molecule has 0 radical (unpaired) electrons. The van der Waals surface area contributed by atoms with Crippen molar-refractivity contribution < 1.29 is 9.47 Å². The smallest absolute Gasteiger partial charge is 0.166 e. The molecule has 6 heteroatoms. The average molecular weight is 350 g/mol. The van der Waals surface area contributed by atoms with Crippen molar-refractivity contribution in [3.63, 3.8) is 0 Å². The van der Waals surface area contributed by atoms with Gasteiger partial charge >= 0.3 is 0 Å². The number of aromatic nitrogens is 1. The van der Waals surface area contributed by atoms with E-state index in [1.807, 2.05) is 30.5 Å². The van der Waals surface area contributed by atoms with E-state index in [0.717, 1.165) is 27.1 Å². The summed E-state index contributed by atoms with van der Waals surface area (Å²) in [5.74, 6) is 7.29. The largest absolute Gasteiger partial charge is 0.486 e. The molecule has 2 heterocycles. The minimum atomic E-state index is -0.0715. The number of nitrogens with one attached hydrogen (secondary N) is 1. The topological polar surface area (TPSA) is 69.4 Å². The molecular formula is C15H16BrN3O2. The molecule has 0 spiro atoms. The third-order valence-corrected chi connectivity index (χ3v) is 3.81. The van der Waals surface area contributed by atoms with E-state index in [-0.39, 0.29) is 6.04 Å². The highest BCUT2D eigenvalue weighted by Gasteiger charge is 2.21.